The van der Waals surface area contributed by atoms with Crippen molar-refractivity contribution in [2.24, 2.45) is 5.73 Å². The van der Waals surface area contributed by atoms with Gasteiger partial charge in [-0.05, 0) is 33.0 Å². The number of ether oxygens (including phenoxy) is 1. The Morgan fingerprint density at radius 1 is 1.24 bits per heavy atom. The molecular weight excluding hydrogens is 242 g/mol. The van der Waals surface area contributed by atoms with E-state index in [1.165, 1.54) is 0 Å². The molecule has 1 fully saturated rings. The van der Waals surface area contributed by atoms with Crippen molar-refractivity contribution in [3.05, 3.63) is 0 Å². The molecule has 0 aromatic heterocycles. The summed E-state index contributed by atoms with van der Waals surface area (Å²) in [6.45, 7) is 7.81. The van der Waals surface area contributed by atoms with Crippen LogP contribution in [0.15, 0.2) is 0 Å². The monoisotopic (exact) mass is 261 g/mol. The van der Waals surface area contributed by atoms with E-state index < -0.39 is 11.8 Å². The van der Waals surface area contributed by atoms with Crippen LogP contribution in [0.4, 0.5) is 4.79 Å². The highest BCUT2D eigenvalue weighted by molar-refractivity contribution is 7.80. The van der Waals surface area contributed by atoms with Gasteiger partial charge in [0.1, 0.15) is 5.60 Å². The van der Waals surface area contributed by atoms with Crippen LogP contribution in [0.1, 0.15) is 20.8 Å². The summed E-state index contributed by atoms with van der Waals surface area (Å²) in [6, 6.07) is 0. The fraction of sp³-hybridized carbons (Fsp3) is 0.800. The van der Waals surface area contributed by atoms with E-state index in [1.807, 2.05) is 4.90 Å². The fourth-order valence-corrected chi connectivity index (χ4v) is 1.56. The Kier molecular flexibility index (Phi) is 4.53. The van der Waals surface area contributed by atoms with Crippen molar-refractivity contribution in [1.29, 1.82) is 0 Å². The number of thiocarbonyl (C=S) groups is 1. The Labute approximate surface area is 107 Å². The number of hydroxylamine groups is 2. The van der Waals surface area contributed by atoms with Crippen molar-refractivity contribution in [2.45, 2.75) is 26.4 Å². The number of nitrogens with two attached hydrogens (primary N) is 1. The van der Waals surface area contributed by atoms with Crippen LogP contribution >= 0.6 is 12.2 Å². The van der Waals surface area contributed by atoms with Crippen molar-refractivity contribution in [3.8, 4) is 0 Å². The molecule has 2 N–H and O–H groups in total. The van der Waals surface area contributed by atoms with Gasteiger partial charge in [0.2, 0.25) is 0 Å². The Morgan fingerprint density at radius 2 is 1.76 bits per heavy atom. The molecule has 1 heterocycles. The van der Waals surface area contributed by atoms with E-state index in [4.69, 9.17) is 27.5 Å². The van der Waals surface area contributed by atoms with Crippen LogP contribution in [0.5, 0.6) is 0 Å². The van der Waals surface area contributed by atoms with E-state index in [0.717, 1.165) is 0 Å². The van der Waals surface area contributed by atoms with Gasteiger partial charge in [0.25, 0.3) is 0 Å². The SMILES string of the molecule is CC(C)(C)OC(=O)ON1CCN(C(N)=S)CC1. The molecule has 1 rings (SSSR count). The first-order chi connectivity index (χ1) is 7.78. The van der Waals surface area contributed by atoms with Gasteiger partial charge in [-0.3, -0.25) is 0 Å². The zero-order valence-corrected chi connectivity index (χ0v) is 11.2. The first-order valence-electron chi connectivity index (χ1n) is 5.48. The quantitative estimate of drug-likeness (QED) is 0.551. The van der Waals surface area contributed by atoms with Gasteiger partial charge in [0, 0.05) is 13.1 Å². The number of nitrogens with zero attached hydrogens (tertiary/aromatic N) is 2. The third-order valence-corrected chi connectivity index (χ3v) is 2.40. The predicted molar refractivity (Wildman–Crippen MR) is 67.3 cm³/mol. The molecular formula is C10H19N3O3S. The van der Waals surface area contributed by atoms with Gasteiger partial charge in [-0.15, -0.1) is 5.06 Å². The minimum absolute atomic E-state index is 0.377. The van der Waals surface area contributed by atoms with E-state index in [-0.39, 0.29) is 0 Å². The second-order valence-corrected chi connectivity index (χ2v) is 5.23. The average Bonchev–Trinajstić information content (AvgIpc) is 2.15. The highest BCUT2D eigenvalue weighted by Crippen LogP contribution is 2.10. The Balaban J connectivity index is 2.31. The molecule has 1 aliphatic heterocycles. The summed E-state index contributed by atoms with van der Waals surface area (Å²) in [5, 5.41) is 1.94. The van der Waals surface area contributed by atoms with Gasteiger partial charge in [0.15, 0.2) is 5.11 Å². The van der Waals surface area contributed by atoms with Crippen LogP contribution < -0.4 is 5.73 Å². The lowest BCUT2D eigenvalue weighted by atomic mass is 10.2. The van der Waals surface area contributed by atoms with Gasteiger partial charge in [-0.25, -0.2) is 4.79 Å². The summed E-state index contributed by atoms with van der Waals surface area (Å²) in [4.78, 5) is 18.3. The van der Waals surface area contributed by atoms with Crippen LogP contribution in [-0.4, -0.2) is 53.0 Å². The standard InChI is InChI=1S/C10H19N3O3S/c1-10(2,3)15-9(14)16-13-6-4-12(5-7-13)8(11)17/h4-7H2,1-3H3,(H2,11,17). The molecule has 0 radical (unpaired) electrons. The van der Waals surface area contributed by atoms with E-state index in [2.05, 4.69) is 0 Å². The number of carbonyl (C=O) groups is 1. The van der Waals surface area contributed by atoms with Gasteiger partial charge in [-0.2, -0.15) is 0 Å². The minimum Gasteiger partial charge on any atom is -0.427 e. The van der Waals surface area contributed by atoms with Gasteiger partial charge in [-0.1, -0.05) is 0 Å². The van der Waals surface area contributed by atoms with E-state index in [1.54, 1.807) is 25.8 Å². The minimum atomic E-state index is -0.679. The summed E-state index contributed by atoms with van der Waals surface area (Å²) < 4.78 is 5.05. The molecule has 0 atom stereocenters. The molecule has 0 aromatic rings. The maximum atomic E-state index is 11.4. The fourth-order valence-electron chi connectivity index (χ4n) is 1.37. The second-order valence-electron chi connectivity index (χ2n) is 4.81. The van der Waals surface area contributed by atoms with E-state index >= 15 is 0 Å². The number of rotatable bonds is 1. The number of hydrogen-bond donors (Lipinski definition) is 1. The van der Waals surface area contributed by atoms with Crippen molar-refractivity contribution in [3.63, 3.8) is 0 Å². The largest absolute Gasteiger partial charge is 0.528 e. The molecule has 0 amide bonds. The topological polar surface area (TPSA) is 68.0 Å². The Bertz CT molecular complexity index is 296. The summed E-state index contributed by atoms with van der Waals surface area (Å²) in [6.07, 6.45) is -0.679. The summed E-state index contributed by atoms with van der Waals surface area (Å²) in [5.41, 5.74) is 4.96. The number of carbonyl (C=O) groups excluding carboxylic acids is 1. The van der Waals surface area contributed by atoms with Crippen molar-refractivity contribution >= 4 is 23.5 Å². The van der Waals surface area contributed by atoms with Gasteiger partial charge in [0.05, 0.1) is 13.1 Å². The lowest BCUT2D eigenvalue weighted by Crippen LogP contribution is -2.50. The van der Waals surface area contributed by atoms with Gasteiger partial charge < -0.3 is 20.2 Å². The van der Waals surface area contributed by atoms with Crippen molar-refractivity contribution < 1.29 is 14.4 Å². The molecule has 0 saturated carbocycles. The number of hydrogen-bond acceptors (Lipinski definition) is 5. The predicted octanol–water partition coefficient (Wildman–Crippen LogP) is 0.714. The molecule has 98 valence electrons. The first-order valence-corrected chi connectivity index (χ1v) is 5.89. The van der Waals surface area contributed by atoms with Gasteiger partial charge >= 0.3 is 6.16 Å². The molecule has 0 spiro atoms. The van der Waals surface area contributed by atoms with Crippen LogP contribution in [0.25, 0.3) is 0 Å². The Hall–Kier alpha value is -1.08. The smallest absolute Gasteiger partial charge is 0.427 e. The highest BCUT2D eigenvalue weighted by atomic mass is 32.1. The van der Waals surface area contributed by atoms with Crippen LogP contribution in [-0.2, 0) is 9.57 Å². The van der Waals surface area contributed by atoms with Crippen molar-refractivity contribution in [1.82, 2.24) is 9.96 Å². The third-order valence-electron chi connectivity index (χ3n) is 2.14. The van der Waals surface area contributed by atoms with Crippen LogP contribution in [0.2, 0.25) is 0 Å². The molecule has 1 aliphatic rings. The average molecular weight is 261 g/mol. The molecule has 0 aromatic carbocycles. The molecule has 7 heteroatoms. The second kappa shape index (κ2) is 5.50. The van der Waals surface area contributed by atoms with Crippen LogP contribution in [0, 0.1) is 0 Å². The highest BCUT2D eigenvalue weighted by Gasteiger charge is 2.24. The maximum absolute atomic E-state index is 11.4. The summed E-state index contributed by atoms with van der Waals surface area (Å²) in [7, 11) is 0. The lowest BCUT2D eigenvalue weighted by Gasteiger charge is -2.33. The zero-order valence-electron chi connectivity index (χ0n) is 10.4. The maximum Gasteiger partial charge on any atom is 0.528 e. The van der Waals surface area contributed by atoms with E-state index in [9.17, 15) is 4.79 Å². The zero-order chi connectivity index (χ0) is 13.1. The first kappa shape index (κ1) is 14.0. The molecule has 17 heavy (non-hydrogen) atoms. The number of piperazine rings is 1. The molecule has 0 unspecified atom stereocenters. The Morgan fingerprint density at radius 3 is 2.18 bits per heavy atom. The van der Waals surface area contributed by atoms with Crippen molar-refractivity contribution in [2.75, 3.05) is 26.2 Å². The molecule has 0 aliphatic carbocycles. The normalized spacial score (nSPS) is 17.7. The van der Waals surface area contributed by atoms with Crippen LogP contribution in [0.3, 0.4) is 0 Å². The summed E-state index contributed by atoms with van der Waals surface area (Å²) in [5.74, 6) is 0. The third kappa shape index (κ3) is 5.18. The molecule has 1 saturated heterocycles. The summed E-state index contributed by atoms with van der Waals surface area (Å²) >= 11 is 4.87. The molecule has 0 bridgehead atoms. The molecule has 6 nitrogen and oxygen atoms in total. The lowest BCUT2D eigenvalue weighted by molar-refractivity contribution is -0.153. The van der Waals surface area contributed by atoms with E-state index in [0.29, 0.717) is 31.3 Å².